The van der Waals surface area contributed by atoms with E-state index in [2.05, 4.69) is 98.5 Å². The first-order chi connectivity index (χ1) is 32.4. The summed E-state index contributed by atoms with van der Waals surface area (Å²) in [7, 11) is 2.80. The van der Waals surface area contributed by atoms with Gasteiger partial charge in [0.25, 0.3) is 0 Å². The summed E-state index contributed by atoms with van der Waals surface area (Å²) in [6.07, 6.45) is 2.45. The van der Waals surface area contributed by atoms with Crippen LogP contribution in [0.25, 0.3) is 0 Å². The number of hydrogen-bond donors (Lipinski definition) is 4. The van der Waals surface area contributed by atoms with Crippen LogP contribution in [0.4, 0.5) is 15.3 Å². The molecule has 3 heterocycles. The molecule has 4 bridgehead atoms. The Morgan fingerprint density at radius 2 is 0.928 bits per heavy atom. The number of hydrogen-bond acceptors (Lipinski definition) is 7. The zero-order valence-corrected chi connectivity index (χ0v) is 41.6. The van der Waals surface area contributed by atoms with Crippen LogP contribution < -0.4 is 16.4 Å². The molecule has 15 heteroatoms. The number of nitrogens with two attached hydrogens (primary N) is 2. The van der Waals surface area contributed by atoms with Gasteiger partial charge in [-0.15, -0.1) is 0 Å². The predicted octanol–water partition coefficient (Wildman–Crippen LogP) is 8.15. The molecule has 0 spiro atoms. The standard InChI is InChI=1S/C54H71N7O8/c1-30(2)42(57(8)50(66)67)46(62)60-44(36-24-26-53(60,28-36)48(55)64)34-14-10-32(11-15-34)40-22-23-41(59(40)39-20-18-38(19-21-39)52(5,6)7)33-12-16-35(17-13-33)45-37-25-27-54(29-37,49(56)65)61(45)47(63)43(31(3)4)58(9)51(68)69/h10-21,30-31,36-37,40-45H,22-29H2,1-9H3,(H2,55,64)(H2,56,65)(H,66,67)(H,68,69)/t36?,37?,40-,41-,42-,43-,44+,45+,53?,54?/m0/s1. The van der Waals surface area contributed by atoms with Crippen molar-refractivity contribution in [2.45, 2.75) is 153 Å². The first kappa shape index (κ1) is 49.3. The summed E-state index contributed by atoms with van der Waals surface area (Å²) < 4.78 is 0. The van der Waals surface area contributed by atoms with E-state index in [9.17, 15) is 39.0 Å². The Labute approximate surface area is 406 Å². The van der Waals surface area contributed by atoms with E-state index < -0.39 is 71.1 Å². The van der Waals surface area contributed by atoms with Gasteiger partial charge in [-0.1, -0.05) is 109 Å². The number of nitrogens with zero attached hydrogens (tertiary/aromatic N) is 5. The summed E-state index contributed by atoms with van der Waals surface area (Å²) in [5.74, 6) is -2.65. The molecular formula is C54H71N7O8. The molecule has 3 aromatic rings. The number of fused-ring (bicyclic) bond motifs is 4. The first-order valence-electron chi connectivity index (χ1n) is 24.7. The van der Waals surface area contributed by atoms with Gasteiger partial charge in [-0.2, -0.15) is 0 Å². The third kappa shape index (κ3) is 8.16. The highest BCUT2D eigenvalue weighted by atomic mass is 16.4. The molecule has 10 atom stereocenters. The fourth-order valence-electron chi connectivity index (χ4n) is 13.4. The third-order valence-electron chi connectivity index (χ3n) is 16.8. The Hall–Kier alpha value is -6.12. The summed E-state index contributed by atoms with van der Waals surface area (Å²) in [6, 6.07) is 22.6. The number of benzene rings is 3. The van der Waals surface area contributed by atoms with Crippen LogP contribution in [0, 0.1) is 23.7 Å². The maximum atomic E-state index is 14.6. The van der Waals surface area contributed by atoms with Crippen LogP contribution in [0.1, 0.15) is 152 Å². The Bertz CT molecular complexity index is 2350. The second kappa shape index (κ2) is 18.0. The van der Waals surface area contributed by atoms with Gasteiger partial charge in [0.15, 0.2) is 0 Å². The molecule has 5 aliphatic rings. The van der Waals surface area contributed by atoms with Crippen molar-refractivity contribution in [1.82, 2.24) is 19.6 Å². The molecule has 0 aromatic heterocycles. The van der Waals surface area contributed by atoms with Crippen molar-refractivity contribution in [1.29, 1.82) is 0 Å². The lowest BCUT2D eigenvalue weighted by Gasteiger charge is -2.45. The van der Waals surface area contributed by atoms with Gasteiger partial charge in [0, 0.05) is 19.8 Å². The Morgan fingerprint density at radius 3 is 1.23 bits per heavy atom. The number of anilines is 1. The molecule has 0 radical (unpaired) electrons. The molecule has 3 aliphatic heterocycles. The number of primary amides is 2. The first-order valence-corrected chi connectivity index (χ1v) is 24.7. The van der Waals surface area contributed by atoms with Crippen LogP contribution >= 0.6 is 0 Å². The van der Waals surface area contributed by atoms with Gasteiger partial charge in [0.05, 0.1) is 24.2 Å². The Morgan fingerprint density at radius 1 is 0.580 bits per heavy atom. The number of carbonyl (C=O) groups is 6. The van der Waals surface area contributed by atoms with E-state index in [1.807, 2.05) is 27.7 Å². The molecule has 8 rings (SSSR count). The normalized spacial score (nSPS) is 28.1. The number of amides is 6. The van der Waals surface area contributed by atoms with Crippen molar-refractivity contribution in [3.63, 3.8) is 0 Å². The molecule has 15 nitrogen and oxygen atoms in total. The van der Waals surface area contributed by atoms with Crippen molar-refractivity contribution < 1.29 is 39.0 Å². The zero-order valence-electron chi connectivity index (χ0n) is 41.6. The van der Waals surface area contributed by atoms with Gasteiger partial charge in [-0.05, 0) is 120 Å². The van der Waals surface area contributed by atoms with Gasteiger partial charge in [0.1, 0.15) is 23.2 Å². The second-order valence-corrected chi connectivity index (χ2v) is 22.4. The molecule has 5 fully saturated rings. The molecule has 2 aliphatic carbocycles. The molecular weight excluding hydrogens is 875 g/mol. The van der Waals surface area contributed by atoms with Crippen molar-refractivity contribution in [3.05, 3.63) is 101 Å². The van der Waals surface area contributed by atoms with Crippen molar-refractivity contribution in [3.8, 4) is 0 Å². The highest BCUT2D eigenvalue weighted by Gasteiger charge is 2.64. The quantitative estimate of drug-likeness (QED) is 0.130. The fraction of sp³-hybridized carbons (Fsp3) is 0.556. The minimum Gasteiger partial charge on any atom is -0.465 e. The van der Waals surface area contributed by atoms with Gasteiger partial charge in [-0.3, -0.25) is 29.0 Å². The van der Waals surface area contributed by atoms with Gasteiger partial charge in [0.2, 0.25) is 23.6 Å². The summed E-state index contributed by atoms with van der Waals surface area (Å²) in [4.78, 5) is 88.1. The van der Waals surface area contributed by atoms with Crippen molar-refractivity contribution in [2.24, 2.45) is 35.1 Å². The monoisotopic (exact) mass is 946 g/mol. The lowest BCUT2D eigenvalue weighted by atomic mass is 9.87. The van der Waals surface area contributed by atoms with E-state index in [0.717, 1.165) is 63.4 Å². The van der Waals surface area contributed by atoms with E-state index in [0.29, 0.717) is 25.7 Å². The molecule has 4 unspecified atom stereocenters. The number of likely N-dealkylation sites (N-methyl/N-ethyl adjacent to an activating group) is 2. The number of piperidine rings is 2. The maximum absolute atomic E-state index is 14.6. The third-order valence-corrected chi connectivity index (χ3v) is 16.8. The average Bonchev–Trinajstić information content (AvgIpc) is 4.15. The molecule has 2 saturated carbocycles. The van der Waals surface area contributed by atoms with Crippen molar-refractivity contribution >= 4 is 41.5 Å². The lowest BCUT2D eigenvalue weighted by Crippen LogP contribution is -2.62. The number of rotatable bonds is 13. The fourth-order valence-corrected chi connectivity index (χ4v) is 13.4. The van der Waals surface area contributed by atoms with E-state index in [-0.39, 0.29) is 41.2 Å². The van der Waals surface area contributed by atoms with Crippen LogP contribution in [0.2, 0.25) is 0 Å². The zero-order chi connectivity index (χ0) is 50.2. The van der Waals surface area contributed by atoms with E-state index in [4.69, 9.17) is 11.5 Å². The van der Waals surface area contributed by atoms with Crippen LogP contribution in [0.3, 0.4) is 0 Å². The van der Waals surface area contributed by atoms with Crippen molar-refractivity contribution in [2.75, 3.05) is 19.0 Å². The smallest absolute Gasteiger partial charge is 0.407 e. The minimum absolute atomic E-state index is 0.0134. The summed E-state index contributed by atoms with van der Waals surface area (Å²) in [6.45, 7) is 13.8. The Kier molecular flexibility index (Phi) is 12.9. The van der Waals surface area contributed by atoms with Crippen LogP contribution in [-0.4, -0.2) is 103 Å². The number of carbonyl (C=O) groups excluding carboxylic acids is 4. The lowest BCUT2D eigenvalue weighted by molar-refractivity contribution is -0.152. The van der Waals surface area contributed by atoms with Crippen LogP contribution in [-0.2, 0) is 24.6 Å². The highest BCUT2D eigenvalue weighted by molar-refractivity contribution is 5.96. The van der Waals surface area contributed by atoms with E-state index in [1.54, 1.807) is 9.80 Å². The number of likely N-dealkylation sites (tertiary alicyclic amines) is 2. The second-order valence-electron chi connectivity index (χ2n) is 22.4. The number of carboxylic acid groups (broad SMARTS) is 2. The van der Waals surface area contributed by atoms with Gasteiger partial charge < -0.3 is 36.4 Å². The van der Waals surface area contributed by atoms with Gasteiger partial charge >= 0.3 is 12.2 Å². The maximum Gasteiger partial charge on any atom is 0.407 e. The SMILES string of the molecule is CC(C)[C@@H](C(=O)N1[C@H](c2ccc([C@@H]3CC[C@@H](c4ccc([C@@H]5C6CCC(C(N)=O)(C6)N5C(=O)[C@H](C(C)C)N(C)C(=O)O)cc4)N3c3ccc(C(C)(C)C)cc3)cc2)C2CCC1(C(N)=O)C2)N(C)C(=O)O. The highest BCUT2D eigenvalue weighted by Crippen LogP contribution is 2.59. The van der Waals surface area contributed by atoms with E-state index in [1.165, 1.54) is 19.7 Å². The predicted molar refractivity (Wildman–Crippen MR) is 262 cm³/mol. The van der Waals surface area contributed by atoms with Gasteiger partial charge in [-0.25, -0.2) is 9.59 Å². The molecule has 3 saturated heterocycles. The molecule has 69 heavy (non-hydrogen) atoms. The average molecular weight is 946 g/mol. The Balaban J connectivity index is 1.13. The van der Waals surface area contributed by atoms with Crippen LogP contribution in [0.5, 0.6) is 0 Å². The van der Waals surface area contributed by atoms with E-state index >= 15 is 0 Å². The minimum atomic E-state index is -1.22. The summed E-state index contributed by atoms with van der Waals surface area (Å²) in [5, 5.41) is 19.9. The summed E-state index contributed by atoms with van der Waals surface area (Å²) >= 11 is 0. The topological polar surface area (TPSA) is 211 Å². The molecule has 370 valence electrons. The molecule has 3 aromatic carbocycles. The van der Waals surface area contributed by atoms with Crippen LogP contribution in [0.15, 0.2) is 72.8 Å². The molecule has 6 N–H and O–H groups in total. The summed E-state index contributed by atoms with van der Waals surface area (Å²) in [5.41, 5.74) is 16.1. The molecule has 6 amide bonds. The largest absolute Gasteiger partial charge is 0.465 e.